The van der Waals surface area contributed by atoms with Gasteiger partial charge in [0.15, 0.2) is 11.5 Å². The lowest BCUT2D eigenvalue weighted by Gasteiger charge is -2.39. The van der Waals surface area contributed by atoms with E-state index in [-0.39, 0.29) is 5.91 Å². The molecule has 1 aliphatic carbocycles. The number of amides is 1. The minimum Gasteiger partial charge on any atom is -0.385 e. The lowest BCUT2D eigenvalue weighted by Crippen LogP contribution is -2.42. The van der Waals surface area contributed by atoms with Crippen molar-refractivity contribution in [3.63, 3.8) is 0 Å². The summed E-state index contributed by atoms with van der Waals surface area (Å²) in [7, 11) is 0. The van der Waals surface area contributed by atoms with Crippen molar-refractivity contribution in [3.05, 3.63) is 94.4 Å². The van der Waals surface area contributed by atoms with Crippen LogP contribution >= 0.6 is 11.6 Å². The van der Waals surface area contributed by atoms with Crippen molar-refractivity contribution < 1.29 is 9.90 Å². The lowest BCUT2D eigenvalue weighted by atomic mass is 9.84. The Bertz CT molecular complexity index is 1500. The van der Waals surface area contributed by atoms with Crippen LogP contribution in [0.3, 0.4) is 0 Å². The largest absolute Gasteiger partial charge is 0.385 e. The molecule has 9 heteroatoms. The van der Waals surface area contributed by atoms with E-state index in [0.717, 1.165) is 41.4 Å². The van der Waals surface area contributed by atoms with Crippen molar-refractivity contribution in [2.24, 2.45) is 11.8 Å². The fraction of sp³-hybridized carbons (Fsp3) is 0.367. The summed E-state index contributed by atoms with van der Waals surface area (Å²) in [5.74, 6) is 1.92. The number of aliphatic hydroxyl groups is 1. The van der Waals surface area contributed by atoms with Gasteiger partial charge in [-0.1, -0.05) is 35.9 Å². The first-order valence-electron chi connectivity index (χ1n) is 13.6. The van der Waals surface area contributed by atoms with Crippen LogP contribution in [0.2, 0.25) is 5.02 Å². The summed E-state index contributed by atoms with van der Waals surface area (Å²) in [5, 5.41) is 23.2. The van der Waals surface area contributed by atoms with Crippen LogP contribution in [-0.4, -0.2) is 57.8 Å². The molecule has 2 saturated heterocycles. The normalized spacial score (nSPS) is 23.5. The third-order valence-corrected chi connectivity index (χ3v) is 8.92. The Balaban J connectivity index is 1.02. The van der Waals surface area contributed by atoms with Crippen LogP contribution in [0.5, 0.6) is 0 Å². The Morgan fingerprint density at radius 2 is 1.77 bits per heavy atom. The van der Waals surface area contributed by atoms with Crippen molar-refractivity contribution >= 4 is 28.8 Å². The van der Waals surface area contributed by atoms with Gasteiger partial charge in [0.05, 0.1) is 11.3 Å². The minimum atomic E-state index is -0.858. The SMILES string of the molecule is O=C(NC1[C@H]2CNC[C@@H]12)c1ccc(Cc2nc3c(N4CCC(O)(c5ccc(Cl)cc5)CC4)cccn3n2)cc1. The highest BCUT2D eigenvalue weighted by Gasteiger charge is 2.53. The first-order chi connectivity index (χ1) is 19.0. The van der Waals surface area contributed by atoms with Gasteiger partial charge in [-0.25, -0.2) is 9.50 Å². The molecule has 39 heavy (non-hydrogen) atoms. The molecule has 1 amide bonds. The van der Waals surface area contributed by atoms with E-state index in [2.05, 4.69) is 21.6 Å². The van der Waals surface area contributed by atoms with Gasteiger partial charge >= 0.3 is 0 Å². The number of nitrogens with zero attached hydrogens (tertiary/aromatic N) is 4. The first kappa shape index (κ1) is 24.6. The molecular weight excluding hydrogens is 512 g/mol. The van der Waals surface area contributed by atoms with Gasteiger partial charge in [-0.3, -0.25) is 4.79 Å². The number of halogens is 1. The smallest absolute Gasteiger partial charge is 0.251 e. The number of aromatic nitrogens is 3. The summed E-state index contributed by atoms with van der Waals surface area (Å²) in [6.45, 7) is 3.43. The third-order valence-electron chi connectivity index (χ3n) is 8.67. The summed E-state index contributed by atoms with van der Waals surface area (Å²) in [5.41, 5.74) is 3.62. The van der Waals surface area contributed by atoms with Crippen LogP contribution in [0.4, 0.5) is 5.69 Å². The monoisotopic (exact) mass is 542 g/mol. The number of carbonyl (C=O) groups excluding carboxylic acids is 1. The predicted molar refractivity (Wildman–Crippen MR) is 150 cm³/mol. The van der Waals surface area contributed by atoms with Crippen molar-refractivity contribution in [2.45, 2.75) is 30.9 Å². The Morgan fingerprint density at radius 1 is 1.05 bits per heavy atom. The molecule has 0 spiro atoms. The molecule has 1 saturated carbocycles. The standard InChI is InChI=1S/C30H31ClN6O2/c31-22-9-7-21(8-10-22)30(39)11-14-36(15-12-30)25-2-1-13-37-28(25)33-26(35-37)16-19-3-5-20(6-4-19)29(38)34-27-23-17-32-18-24(23)27/h1-10,13,23-24,27,32,39H,11-12,14-18H2,(H,34,38)/t23-,24+,27?. The van der Waals surface area contributed by atoms with Crippen LogP contribution in [-0.2, 0) is 12.0 Å². The van der Waals surface area contributed by atoms with E-state index < -0.39 is 5.60 Å². The van der Waals surface area contributed by atoms with E-state index in [1.54, 1.807) is 0 Å². The Labute approximate surface area is 232 Å². The maximum Gasteiger partial charge on any atom is 0.251 e. The summed E-state index contributed by atoms with van der Waals surface area (Å²) >= 11 is 6.04. The van der Waals surface area contributed by atoms with Crippen LogP contribution in [0, 0.1) is 11.8 Å². The average molecular weight is 543 g/mol. The second-order valence-electron chi connectivity index (χ2n) is 11.1. The zero-order chi connectivity index (χ0) is 26.6. The molecule has 7 rings (SSSR count). The first-order valence-corrected chi connectivity index (χ1v) is 14.0. The highest BCUT2D eigenvalue weighted by molar-refractivity contribution is 6.30. The lowest BCUT2D eigenvalue weighted by molar-refractivity contribution is 0.0118. The molecule has 4 heterocycles. The van der Waals surface area contributed by atoms with Gasteiger partial charge in [0, 0.05) is 55.4 Å². The molecule has 1 unspecified atom stereocenters. The molecule has 2 aliphatic heterocycles. The summed E-state index contributed by atoms with van der Waals surface area (Å²) < 4.78 is 1.83. The number of piperidine rings is 2. The van der Waals surface area contributed by atoms with Gasteiger partial charge in [0.25, 0.3) is 5.91 Å². The highest BCUT2D eigenvalue weighted by atomic mass is 35.5. The van der Waals surface area contributed by atoms with E-state index in [0.29, 0.717) is 60.8 Å². The maximum atomic E-state index is 12.7. The van der Waals surface area contributed by atoms with E-state index in [1.165, 1.54) is 0 Å². The van der Waals surface area contributed by atoms with Crippen molar-refractivity contribution in [1.82, 2.24) is 25.2 Å². The average Bonchev–Trinajstić information content (AvgIpc) is 3.27. The topological polar surface area (TPSA) is 94.8 Å². The number of rotatable bonds is 6. The second kappa shape index (κ2) is 9.62. The molecule has 8 nitrogen and oxygen atoms in total. The number of anilines is 1. The van der Waals surface area contributed by atoms with Gasteiger partial charge < -0.3 is 20.6 Å². The van der Waals surface area contributed by atoms with Crippen LogP contribution in [0.25, 0.3) is 5.65 Å². The predicted octanol–water partition coefficient (Wildman–Crippen LogP) is 3.41. The van der Waals surface area contributed by atoms with Gasteiger partial charge in [0.2, 0.25) is 0 Å². The van der Waals surface area contributed by atoms with Crippen LogP contribution in [0.1, 0.15) is 40.2 Å². The summed E-state index contributed by atoms with van der Waals surface area (Å²) in [4.78, 5) is 19.8. The molecule has 3 aliphatic rings. The number of carbonyl (C=O) groups is 1. The number of nitrogens with one attached hydrogen (secondary N) is 2. The van der Waals surface area contributed by atoms with Gasteiger partial charge in [-0.15, -0.1) is 0 Å². The van der Waals surface area contributed by atoms with E-state index >= 15 is 0 Å². The molecule has 3 N–H and O–H groups in total. The van der Waals surface area contributed by atoms with Crippen LogP contribution in [0.15, 0.2) is 66.9 Å². The Hall–Kier alpha value is -3.46. The zero-order valence-electron chi connectivity index (χ0n) is 21.6. The number of pyridine rings is 1. The van der Waals surface area contributed by atoms with E-state index in [9.17, 15) is 9.90 Å². The molecule has 3 fully saturated rings. The van der Waals surface area contributed by atoms with Crippen molar-refractivity contribution in [2.75, 3.05) is 31.1 Å². The maximum absolute atomic E-state index is 12.7. The van der Waals surface area contributed by atoms with E-state index in [4.69, 9.17) is 21.7 Å². The molecule has 2 aromatic carbocycles. The molecule has 200 valence electrons. The Morgan fingerprint density at radius 3 is 2.49 bits per heavy atom. The quantitative estimate of drug-likeness (QED) is 0.346. The van der Waals surface area contributed by atoms with Gasteiger partial charge in [-0.2, -0.15) is 5.10 Å². The Kier molecular flexibility index (Phi) is 6.06. The molecule has 4 aromatic rings. The summed E-state index contributed by atoms with van der Waals surface area (Å²) in [6.07, 6.45) is 3.74. The molecule has 3 atom stereocenters. The highest BCUT2D eigenvalue weighted by Crippen LogP contribution is 2.41. The van der Waals surface area contributed by atoms with Gasteiger partial charge in [0.1, 0.15) is 0 Å². The second-order valence-corrected chi connectivity index (χ2v) is 11.5. The van der Waals surface area contributed by atoms with E-state index in [1.807, 2.05) is 65.3 Å². The minimum absolute atomic E-state index is 0.000870. The zero-order valence-corrected chi connectivity index (χ0v) is 22.3. The fourth-order valence-corrected chi connectivity index (χ4v) is 6.37. The number of hydrogen-bond acceptors (Lipinski definition) is 6. The van der Waals surface area contributed by atoms with Crippen molar-refractivity contribution in [3.8, 4) is 0 Å². The molecule has 0 bridgehead atoms. The molecule has 0 radical (unpaired) electrons. The third kappa shape index (κ3) is 4.67. The molecular formula is C30H31ClN6O2. The summed E-state index contributed by atoms with van der Waals surface area (Å²) in [6, 6.07) is 19.6. The van der Waals surface area contributed by atoms with Gasteiger partial charge in [-0.05, 0) is 72.2 Å². The van der Waals surface area contributed by atoms with Crippen LogP contribution < -0.4 is 15.5 Å². The number of fused-ring (bicyclic) bond motifs is 2. The van der Waals surface area contributed by atoms with Crippen molar-refractivity contribution in [1.29, 1.82) is 0 Å². The number of benzene rings is 2. The fourth-order valence-electron chi connectivity index (χ4n) is 6.25. The molecule has 2 aromatic heterocycles. The number of hydrogen-bond donors (Lipinski definition) is 3.